The van der Waals surface area contributed by atoms with Gasteiger partial charge in [-0.3, -0.25) is 4.79 Å². The summed E-state index contributed by atoms with van der Waals surface area (Å²) in [5, 5.41) is 0.478. The third kappa shape index (κ3) is 4.35. The van der Waals surface area contributed by atoms with Crippen LogP contribution < -0.4 is 4.80 Å². The summed E-state index contributed by atoms with van der Waals surface area (Å²) in [7, 11) is -1.77. The Labute approximate surface area is 190 Å². The molecule has 4 rings (SSSR count). The van der Waals surface area contributed by atoms with Crippen molar-refractivity contribution in [2.24, 2.45) is 18.0 Å². The number of fused-ring (bicyclic) bond motifs is 1. The van der Waals surface area contributed by atoms with E-state index in [0.29, 0.717) is 29.2 Å². The first-order chi connectivity index (χ1) is 14.7. The second-order valence-electron chi connectivity index (χ2n) is 7.98. The van der Waals surface area contributed by atoms with Crippen molar-refractivity contribution in [2.75, 3.05) is 13.1 Å². The average Bonchev–Trinajstić information content (AvgIpc) is 3.04. The van der Waals surface area contributed by atoms with E-state index in [0.717, 1.165) is 21.3 Å². The average molecular weight is 478 g/mol. The third-order valence-corrected chi connectivity index (χ3v) is 9.05. The second kappa shape index (κ2) is 8.50. The van der Waals surface area contributed by atoms with Crippen LogP contribution in [0.5, 0.6) is 0 Å². The zero-order valence-electron chi connectivity index (χ0n) is 17.6. The molecule has 2 aromatic carbocycles. The van der Waals surface area contributed by atoms with Crippen LogP contribution in [0.3, 0.4) is 0 Å². The van der Waals surface area contributed by atoms with E-state index in [-0.39, 0.29) is 17.3 Å². The van der Waals surface area contributed by atoms with Crippen LogP contribution in [-0.4, -0.2) is 36.3 Å². The predicted molar refractivity (Wildman–Crippen MR) is 124 cm³/mol. The van der Waals surface area contributed by atoms with Crippen molar-refractivity contribution in [1.29, 1.82) is 0 Å². The van der Waals surface area contributed by atoms with E-state index in [1.165, 1.54) is 27.8 Å². The number of rotatable bonds is 3. The fourth-order valence-electron chi connectivity index (χ4n) is 3.98. The van der Waals surface area contributed by atoms with Crippen molar-refractivity contribution in [3.8, 4) is 0 Å². The minimum Gasteiger partial charge on any atom is -0.319 e. The van der Waals surface area contributed by atoms with Gasteiger partial charge in [0.15, 0.2) is 4.80 Å². The molecule has 0 saturated carbocycles. The van der Waals surface area contributed by atoms with Gasteiger partial charge in [0.25, 0.3) is 5.91 Å². The first kappa shape index (κ1) is 22.2. The zero-order chi connectivity index (χ0) is 22.3. The van der Waals surface area contributed by atoms with Gasteiger partial charge in [-0.15, -0.1) is 0 Å². The summed E-state index contributed by atoms with van der Waals surface area (Å²) in [6.45, 7) is 4.63. The van der Waals surface area contributed by atoms with Crippen LogP contribution >= 0.6 is 22.9 Å². The van der Waals surface area contributed by atoms with Crippen molar-refractivity contribution >= 4 is 49.1 Å². The molecule has 3 aromatic rings. The van der Waals surface area contributed by atoms with Crippen LogP contribution in [0.25, 0.3) is 10.2 Å². The topological polar surface area (TPSA) is 71.7 Å². The van der Waals surface area contributed by atoms with E-state index in [9.17, 15) is 13.2 Å². The minimum atomic E-state index is -3.68. The lowest BCUT2D eigenvalue weighted by atomic mass is 9.99. The van der Waals surface area contributed by atoms with Crippen molar-refractivity contribution in [1.82, 2.24) is 8.87 Å². The number of amides is 1. The predicted octanol–water partition coefficient (Wildman–Crippen LogP) is 4.04. The molecule has 1 unspecified atom stereocenters. The lowest BCUT2D eigenvalue weighted by molar-refractivity contribution is -0.122. The molecule has 1 atom stereocenters. The SMILES string of the molecule is Cc1cc(C)c2sc(=NC(=O)C3CCCN(S(=O)(=O)c4ccc(Cl)cc4)C3)n(C)c2c1. The Bertz CT molecular complexity index is 1320. The van der Waals surface area contributed by atoms with Gasteiger partial charge in [0.2, 0.25) is 10.0 Å². The second-order valence-corrected chi connectivity index (χ2v) is 11.3. The van der Waals surface area contributed by atoms with Gasteiger partial charge in [-0.1, -0.05) is 29.0 Å². The molecule has 1 fully saturated rings. The summed E-state index contributed by atoms with van der Waals surface area (Å²) in [6, 6.07) is 10.3. The maximum atomic E-state index is 13.0. The molecule has 0 radical (unpaired) electrons. The van der Waals surface area contributed by atoms with Gasteiger partial charge < -0.3 is 4.57 Å². The van der Waals surface area contributed by atoms with Crippen molar-refractivity contribution in [3.05, 3.63) is 57.3 Å². The number of hydrogen-bond acceptors (Lipinski definition) is 4. The lowest BCUT2D eigenvalue weighted by Gasteiger charge is -2.30. The molecule has 9 heteroatoms. The smallest absolute Gasteiger partial charge is 0.252 e. The normalized spacial score (nSPS) is 18.6. The van der Waals surface area contributed by atoms with E-state index in [1.54, 1.807) is 12.1 Å². The van der Waals surface area contributed by atoms with Crippen molar-refractivity contribution in [3.63, 3.8) is 0 Å². The van der Waals surface area contributed by atoms with Crippen molar-refractivity contribution < 1.29 is 13.2 Å². The third-order valence-electron chi connectivity index (χ3n) is 5.63. The Morgan fingerprint density at radius 3 is 2.61 bits per heavy atom. The molecule has 1 amide bonds. The monoisotopic (exact) mass is 477 g/mol. The quantitative estimate of drug-likeness (QED) is 0.571. The van der Waals surface area contributed by atoms with Gasteiger partial charge >= 0.3 is 0 Å². The fraction of sp³-hybridized carbons (Fsp3) is 0.364. The molecule has 6 nitrogen and oxygen atoms in total. The first-order valence-electron chi connectivity index (χ1n) is 10.1. The van der Waals surface area contributed by atoms with Gasteiger partial charge in [-0.25, -0.2) is 8.42 Å². The fourth-order valence-corrected chi connectivity index (χ4v) is 6.70. The summed E-state index contributed by atoms with van der Waals surface area (Å²) < 4.78 is 30.4. The van der Waals surface area contributed by atoms with E-state index >= 15 is 0 Å². The molecule has 1 aromatic heterocycles. The van der Waals surface area contributed by atoms with Crippen LogP contribution in [0.1, 0.15) is 24.0 Å². The highest BCUT2D eigenvalue weighted by Gasteiger charge is 2.33. The molecule has 164 valence electrons. The van der Waals surface area contributed by atoms with Gasteiger partial charge in [0.05, 0.1) is 21.0 Å². The summed E-state index contributed by atoms with van der Waals surface area (Å²) in [5.41, 5.74) is 3.36. The maximum Gasteiger partial charge on any atom is 0.252 e. The number of carbonyl (C=O) groups excluding carboxylic acids is 1. The van der Waals surface area contributed by atoms with Gasteiger partial charge in [-0.05, 0) is 68.1 Å². The first-order valence-corrected chi connectivity index (χ1v) is 12.7. The van der Waals surface area contributed by atoms with E-state index in [4.69, 9.17) is 11.6 Å². The highest BCUT2D eigenvalue weighted by Crippen LogP contribution is 2.26. The Morgan fingerprint density at radius 2 is 1.90 bits per heavy atom. The van der Waals surface area contributed by atoms with Gasteiger partial charge in [0.1, 0.15) is 0 Å². The molecule has 1 aliphatic heterocycles. The van der Waals surface area contributed by atoms with Crippen LogP contribution in [0.15, 0.2) is 46.3 Å². The summed E-state index contributed by atoms with van der Waals surface area (Å²) in [5.74, 6) is -0.726. The molecule has 0 aliphatic carbocycles. The summed E-state index contributed by atoms with van der Waals surface area (Å²) in [4.78, 5) is 18.2. The molecule has 0 spiro atoms. The number of benzene rings is 2. The number of hydrogen-bond donors (Lipinski definition) is 0. The standard InChI is InChI=1S/C22H24ClN3O3S2/c1-14-11-15(2)20-19(12-14)25(3)22(30-20)24-21(27)16-5-4-10-26(13-16)31(28,29)18-8-6-17(23)7-9-18/h6-9,11-12,16H,4-5,10,13H2,1-3H3. The molecular formula is C22H24ClN3O3S2. The van der Waals surface area contributed by atoms with Gasteiger partial charge in [0, 0.05) is 25.2 Å². The number of thiazole rings is 1. The number of sulfonamides is 1. The lowest BCUT2D eigenvalue weighted by Crippen LogP contribution is -2.42. The van der Waals surface area contributed by atoms with Crippen LogP contribution in [0.4, 0.5) is 0 Å². The molecule has 1 aliphatic rings. The summed E-state index contributed by atoms with van der Waals surface area (Å²) >= 11 is 7.37. The molecule has 2 heterocycles. The maximum absolute atomic E-state index is 13.0. The number of aromatic nitrogens is 1. The van der Waals surface area contributed by atoms with E-state index < -0.39 is 15.9 Å². The summed E-state index contributed by atoms with van der Waals surface area (Å²) in [6.07, 6.45) is 1.25. The Balaban J connectivity index is 1.61. The van der Waals surface area contributed by atoms with E-state index in [2.05, 4.69) is 24.0 Å². The minimum absolute atomic E-state index is 0.139. The molecule has 0 N–H and O–H groups in total. The Hall–Kier alpha value is -2.00. The molecule has 31 heavy (non-hydrogen) atoms. The number of carbonyl (C=O) groups is 1. The molecule has 0 bridgehead atoms. The van der Waals surface area contributed by atoms with Crippen LogP contribution in [-0.2, 0) is 21.9 Å². The van der Waals surface area contributed by atoms with Crippen molar-refractivity contribution in [2.45, 2.75) is 31.6 Å². The molecular weight excluding hydrogens is 454 g/mol. The number of aryl methyl sites for hydroxylation is 3. The Morgan fingerprint density at radius 1 is 1.19 bits per heavy atom. The number of piperidine rings is 1. The Kier molecular flexibility index (Phi) is 6.09. The number of halogens is 1. The van der Waals surface area contributed by atoms with E-state index in [1.807, 2.05) is 18.5 Å². The highest BCUT2D eigenvalue weighted by molar-refractivity contribution is 7.89. The van der Waals surface area contributed by atoms with Crippen LogP contribution in [0, 0.1) is 19.8 Å². The molecule has 1 saturated heterocycles. The number of nitrogens with zero attached hydrogens (tertiary/aromatic N) is 3. The van der Waals surface area contributed by atoms with Crippen LogP contribution in [0.2, 0.25) is 5.02 Å². The highest BCUT2D eigenvalue weighted by atomic mass is 35.5. The largest absolute Gasteiger partial charge is 0.319 e. The van der Waals surface area contributed by atoms with Gasteiger partial charge in [-0.2, -0.15) is 9.30 Å². The zero-order valence-corrected chi connectivity index (χ0v) is 20.0.